The first-order chi connectivity index (χ1) is 10.7. The quantitative estimate of drug-likeness (QED) is 0.782. The molecule has 0 unspecified atom stereocenters. The zero-order valence-corrected chi connectivity index (χ0v) is 14.3. The molecular weight excluding hydrogens is 276 g/mol. The van der Waals surface area contributed by atoms with Crippen LogP contribution >= 0.6 is 0 Å². The van der Waals surface area contributed by atoms with Crippen LogP contribution in [0.3, 0.4) is 0 Å². The second-order valence-electron chi connectivity index (χ2n) is 5.87. The normalized spacial score (nSPS) is 18.5. The Hall–Kier alpha value is -1.40. The number of piperazine rings is 1. The van der Waals surface area contributed by atoms with Crippen molar-refractivity contribution in [3.8, 4) is 0 Å². The Balaban J connectivity index is 0.000000847. The van der Waals surface area contributed by atoms with Gasteiger partial charge in [-0.05, 0) is 5.92 Å². The van der Waals surface area contributed by atoms with Gasteiger partial charge in [-0.15, -0.1) is 0 Å². The smallest absolute Gasteiger partial charge is 0.227 e. The van der Waals surface area contributed by atoms with E-state index >= 15 is 0 Å². The monoisotopic (exact) mass is 306 g/mol. The summed E-state index contributed by atoms with van der Waals surface area (Å²) in [6.45, 7) is 14.4. The van der Waals surface area contributed by atoms with Gasteiger partial charge in [0.15, 0.2) is 0 Å². The lowest BCUT2D eigenvalue weighted by atomic mass is 10.1. The predicted octanol–water partition coefficient (Wildman–Crippen LogP) is 1.42. The van der Waals surface area contributed by atoms with Crippen molar-refractivity contribution in [2.24, 2.45) is 0 Å². The van der Waals surface area contributed by atoms with Crippen LogP contribution in [0.2, 0.25) is 0 Å². The molecule has 3 rings (SSSR count). The third-order valence-electron chi connectivity index (χ3n) is 3.86. The first-order valence-electron chi connectivity index (χ1n) is 8.54. The van der Waals surface area contributed by atoms with Crippen LogP contribution in [0.5, 0.6) is 0 Å². The van der Waals surface area contributed by atoms with Gasteiger partial charge in [-0.2, -0.15) is 4.98 Å². The molecule has 3 heterocycles. The molecule has 2 saturated heterocycles. The first-order valence-corrected chi connectivity index (χ1v) is 8.54. The minimum absolute atomic E-state index is 0.416. The molecule has 3 N–H and O–H groups in total. The van der Waals surface area contributed by atoms with E-state index in [1.807, 2.05) is 13.8 Å². The molecule has 0 saturated carbocycles. The molecule has 2 fully saturated rings. The number of rotatable bonds is 4. The van der Waals surface area contributed by atoms with Crippen LogP contribution in [0.1, 0.15) is 39.3 Å². The summed E-state index contributed by atoms with van der Waals surface area (Å²) in [5.74, 6) is 2.25. The van der Waals surface area contributed by atoms with Crippen LogP contribution in [0.15, 0.2) is 6.07 Å². The standard InChI is InChI=1S/C14H24N6.C2H6/c1-10(2)12-7-13(17-11-8-16-9-11)19-14(18-12)20-5-3-15-4-6-20;1-2/h7,10-11,15-16H,3-6,8-9H2,1-2H3,(H,17,18,19);1-2H3. The Morgan fingerprint density at radius 1 is 1.14 bits per heavy atom. The SMILES string of the molecule is CC.CC(C)c1cc(NC2CNC2)nc(N2CCNCC2)n1. The Kier molecular flexibility index (Phi) is 6.39. The van der Waals surface area contributed by atoms with E-state index in [1.165, 1.54) is 0 Å². The van der Waals surface area contributed by atoms with E-state index in [0.29, 0.717) is 12.0 Å². The third-order valence-corrected chi connectivity index (χ3v) is 3.86. The minimum atomic E-state index is 0.416. The van der Waals surface area contributed by atoms with Crippen LogP contribution in [-0.4, -0.2) is 55.3 Å². The second-order valence-corrected chi connectivity index (χ2v) is 5.87. The van der Waals surface area contributed by atoms with Crippen molar-refractivity contribution in [3.63, 3.8) is 0 Å². The second kappa shape index (κ2) is 8.29. The van der Waals surface area contributed by atoms with Gasteiger partial charge >= 0.3 is 0 Å². The Bertz CT molecular complexity index is 452. The van der Waals surface area contributed by atoms with Gasteiger partial charge in [0, 0.05) is 45.3 Å². The maximum atomic E-state index is 4.74. The van der Waals surface area contributed by atoms with Gasteiger partial charge in [-0.1, -0.05) is 27.7 Å². The lowest BCUT2D eigenvalue weighted by Gasteiger charge is -2.31. The van der Waals surface area contributed by atoms with E-state index in [9.17, 15) is 0 Å². The van der Waals surface area contributed by atoms with Crippen LogP contribution in [-0.2, 0) is 0 Å². The first kappa shape index (κ1) is 17.0. The Morgan fingerprint density at radius 2 is 1.82 bits per heavy atom. The summed E-state index contributed by atoms with van der Waals surface area (Å²) in [7, 11) is 0. The maximum Gasteiger partial charge on any atom is 0.227 e. The molecule has 0 radical (unpaired) electrons. The number of anilines is 2. The van der Waals surface area contributed by atoms with Crippen molar-refractivity contribution in [2.75, 3.05) is 49.5 Å². The van der Waals surface area contributed by atoms with Gasteiger partial charge in [0.2, 0.25) is 5.95 Å². The van der Waals surface area contributed by atoms with Gasteiger partial charge < -0.3 is 20.9 Å². The molecule has 0 spiro atoms. The molecule has 0 bridgehead atoms. The minimum Gasteiger partial charge on any atom is -0.365 e. The number of nitrogens with zero attached hydrogens (tertiary/aromatic N) is 3. The van der Waals surface area contributed by atoms with Crippen LogP contribution in [0.4, 0.5) is 11.8 Å². The molecular formula is C16H30N6. The topological polar surface area (TPSA) is 65.1 Å². The molecule has 0 amide bonds. The molecule has 1 aromatic heterocycles. The van der Waals surface area contributed by atoms with Crippen molar-refractivity contribution in [1.82, 2.24) is 20.6 Å². The molecule has 124 valence electrons. The highest BCUT2D eigenvalue weighted by atomic mass is 15.3. The van der Waals surface area contributed by atoms with Crippen molar-refractivity contribution in [3.05, 3.63) is 11.8 Å². The Labute approximate surface area is 134 Å². The van der Waals surface area contributed by atoms with Crippen LogP contribution in [0, 0.1) is 0 Å². The van der Waals surface area contributed by atoms with E-state index in [-0.39, 0.29) is 0 Å². The van der Waals surface area contributed by atoms with Crippen LogP contribution in [0.25, 0.3) is 0 Å². The summed E-state index contributed by atoms with van der Waals surface area (Å²) < 4.78 is 0. The molecule has 0 aliphatic carbocycles. The summed E-state index contributed by atoms with van der Waals surface area (Å²) in [4.78, 5) is 11.7. The molecule has 0 atom stereocenters. The van der Waals surface area contributed by atoms with Crippen LogP contribution < -0.4 is 20.9 Å². The summed E-state index contributed by atoms with van der Waals surface area (Å²) in [5.41, 5.74) is 1.11. The molecule has 1 aromatic rings. The van der Waals surface area contributed by atoms with Crippen molar-refractivity contribution in [2.45, 2.75) is 39.7 Å². The predicted molar refractivity (Wildman–Crippen MR) is 92.8 cm³/mol. The van der Waals surface area contributed by atoms with Crippen molar-refractivity contribution in [1.29, 1.82) is 0 Å². The van der Waals surface area contributed by atoms with E-state index in [0.717, 1.165) is 56.7 Å². The van der Waals surface area contributed by atoms with Gasteiger partial charge in [0.05, 0.1) is 11.7 Å². The largest absolute Gasteiger partial charge is 0.365 e. The molecule has 6 heteroatoms. The molecule has 0 aromatic carbocycles. The number of nitrogens with one attached hydrogen (secondary N) is 3. The lowest BCUT2D eigenvalue weighted by molar-refractivity contribution is 0.470. The van der Waals surface area contributed by atoms with E-state index in [2.05, 4.69) is 40.8 Å². The lowest BCUT2D eigenvalue weighted by Crippen LogP contribution is -2.51. The molecule has 2 aliphatic heterocycles. The van der Waals surface area contributed by atoms with Gasteiger partial charge in [-0.3, -0.25) is 0 Å². The highest BCUT2D eigenvalue weighted by molar-refractivity contribution is 5.46. The van der Waals surface area contributed by atoms with Gasteiger partial charge in [0.25, 0.3) is 0 Å². The van der Waals surface area contributed by atoms with Crippen molar-refractivity contribution < 1.29 is 0 Å². The van der Waals surface area contributed by atoms with Gasteiger partial charge in [-0.25, -0.2) is 4.98 Å². The Morgan fingerprint density at radius 3 is 2.36 bits per heavy atom. The average molecular weight is 306 g/mol. The summed E-state index contributed by atoms with van der Waals surface area (Å²) in [5, 5.41) is 10.1. The van der Waals surface area contributed by atoms with Crippen molar-refractivity contribution >= 4 is 11.8 Å². The summed E-state index contributed by atoms with van der Waals surface area (Å²) in [6.07, 6.45) is 0. The molecule has 6 nitrogen and oxygen atoms in total. The summed E-state index contributed by atoms with van der Waals surface area (Å²) >= 11 is 0. The number of aromatic nitrogens is 2. The van der Waals surface area contributed by atoms with E-state index < -0.39 is 0 Å². The number of hydrogen-bond donors (Lipinski definition) is 3. The summed E-state index contributed by atoms with van der Waals surface area (Å²) in [6, 6.07) is 2.59. The average Bonchev–Trinajstić information content (AvgIpc) is 2.53. The number of hydrogen-bond acceptors (Lipinski definition) is 6. The fourth-order valence-electron chi connectivity index (χ4n) is 2.43. The van der Waals surface area contributed by atoms with E-state index in [1.54, 1.807) is 0 Å². The fourth-order valence-corrected chi connectivity index (χ4v) is 2.43. The zero-order valence-electron chi connectivity index (χ0n) is 14.3. The van der Waals surface area contributed by atoms with E-state index in [4.69, 9.17) is 9.97 Å². The third kappa shape index (κ3) is 4.30. The maximum absolute atomic E-state index is 4.74. The van der Waals surface area contributed by atoms with Gasteiger partial charge in [0.1, 0.15) is 5.82 Å². The highest BCUT2D eigenvalue weighted by Crippen LogP contribution is 2.21. The molecule has 2 aliphatic rings. The fraction of sp³-hybridized carbons (Fsp3) is 0.750. The zero-order chi connectivity index (χ0) is 15.9. The molecule has 22 heavy (non-hydrogen) atoms. The highest BCUT2D eigenvalue weighted by Gasteiger charge is 2.20.